The van der Waals surface area contributed by atoms with Crippen LogP contribution in [0.3, 0.4) is 0 Å². The Balaban J connectivity index is 1.72. The van der Waals surface area contributed by atoms with E-state index >= 15 is 0 Å². The zero-order chi connectivity index (χ0) is 23.4. The average molecular weight is 469 g/mol. The maximum atomic E-state index is 12.6. The summed E-state index contributed by atoms with van der Waals surface area (Å²) in [5, 5.41) is 11.5. The lowest BCUT2D eigenvalue weighted by molar-refractivity contribution is 0.0694. The number of carboxylic acid groups (broad SMARTS) is 1. The highest BCUT2D eigenvalue weighted by Gasteiger charge is 2.29. The summed E-state index contributed by atoms with van der Waals surface area (Å²) in [6, 6.07) is 9.19. The van der Waals surface area contributed by atoms with E-state index in [1.165, 1.54) is 12.3 Å². The Hall–Kier alpha value is -3.10. The zero-order valence-corrected chi connectivity index (χ0v) is 19.4. The van der Waals surface area contributed by atoms with E-state index in [0.717, 1.165) is 41.7 Å². The molecule has 0 saturated heterocycles. The Morgan fingerprint density at radius 1 is 1.21 bits per heavy atom. The lowest BCUT2D eigenvalue weighted by Gasteiger charge is -2.31. The minimum atomic E-state index is -1.22. The predicted octanol–water partition coefficient (Wildman–Crippen LogP) is 4.33. The normalized spacial score (nSPS) is 14.4. The van der Waals surface area contributed by atoms with Gasteiger partial charge < -0.3 is 24.9 Å². The van der Waals surface area contributed by atoms with Crippen molar-refractivity contribution < 1.29 is 19.4 Å². The monoisotopic (exact) mass is 468 g/mol. The number of benzene rings is 1. The van der Waals surface area contributed by atoms with Gasteiger partial charge in [0.1, 0.15) is 5.56 Å². The molecule has 33 heavy (non-hydrogen) atoms. The van der Waals surface area contributed by atoms with Crippen molar-refractivity contribution in [2.75, 3.05) is 20.3 Å². The molecule has 1 aromatic carbocycles. The first-order chi connectivity index (χ1) is 16.0. The van der Waals surface area contributed by atoms with Gasteiger partial charge >= 0.3 is 5.97 Å². The number of hydrogen-bond donors (Lipinski definition) is 2. The van der Waals surface area contributed by atoms with Crippen molar-refractivity contribution in [3.05, 3.63) is 68.1 Å². The van der Waals surface area contributed by atoms with Gasteiger partial charge in [-0.05, 0) is 54.9 Å². The number of unbranched alkanes of at least 4 members (excludes halogenated alkanes) is 3. The summed E-state index contributed by atoms with van der Waals surface area (Å²) >= 11 is 1.61. The topological polar surface area (TPSA) is 104 Å². The van der Waals surface area contributed by atoms with E-state index in [4.69, 9.17) is 15.2 Å². The average Bonchev–Trinajstić information content (AvgIpc) is 3.34. The Bertz CT molecular complexity index is 1190. The Morgan fingerprint density at radius 2 is 2.03 bits per heavy atom. The van der Waals surface area contributed by atoms with E-state index in [1.54, 1.807) is 18.4 Å². The maximum absolute atomic E-state index is 12.6. The molecular weight excluding hydrogens is 440 g/mol. The van der Waals surface area contributed by atoms with Gasteiger partial charge in [0.2, 0.25) is 0 Å². The van der Waals surface area contributed by atoms with Gasteiger partial charge in [-0.1, -0.05) is 18.9 Å². The molecule has 1 aliphatic heterocycles. The molecule has 1 atom stereocenters. The molecule has 0 saturated carbocycles. The molecule has 2 aromatic heterocycles. The molecular formula is C25H28N2O5S. The number of aromatic nitrogens is 1. The number of ether oxygens (including phenoxy) is 2. The molecule has 3 N–H and O–H groups in total. The summed E-state index contributed by atoms with van der Waals surface area (Å²) in [5.74, 6) is 0.0448. The van der Waals surface area contributed by atoms with Crippen LogP contribution in [0.15, 0.2) is 46.7 Å². The van der Waals surface area contributed by atoms with Crippen LogP contribution in [0.25, 0.3) is 11.3 Å². The SMILES string of the molecule is COc1cc2c(cc1OCCCCCCN)CC(c1cccs1)n1cc(C(=O)O)c(=O)cc1-2. The third-order valence-electron chi connectivity index (χ3n) is 5.95. The van der Waals surface area contributed by atoms with Crippen LogP contribution in [0.4, 0.5) is 0 Å². The molecule has 1 aliphatic rings. The summed E-state index contributed by atoms with van der Waals surface area (Å²) in [5.41, 5.74) is 7.38. The van der Waals surface area contributed by atoms with Crippen LogP contribution in [-0.2, 0) is 6.42 Å². The van der Waals surface area contributed by atoms with Gasteiger partial charge in [-0.3, -0.25) is 4.79 Å². The number of carbonyl (C=O) groups is 1. The standard InChI is InChI=1S/C25H28N2O5S/c1-31-22-13-17-16(12-23(22)32-9-5-3-2-4-8-26)11-20(24-7-6-10-33-24)27-15-18(25(29)30)21(28)14-19(17)27/h6-7,10,12-15,20H,2-5,8-9,11,26H2,1H3,(H,29,30). The van der Waals surface area contributed by atoms with Crippen molar-refractivity contribution >= 4 is 17.3 Å². The second kappa shape index (κ2) is 10.2. The fourth-order valence-electron chi connectivity index (χ4n) is 4.27. The molecule has 0 radical (unpaired) electrons. The highest BCUT2D eigenvalue weighted by atomic mass is 32.1. The van der Waals surface area contributed by atoms with E-state index in [-0.39, 0.29) is 11.6 Å². The smallest absolute Gasteiger partial charge is 0.341 e. The van der Waals surface area contributed by atoms with E-state index in [1.807, 2.05) is 34.2 Å². The van der Waals surface area contributed by atoms with Crippen LogP contribution in [-0.4, -0.2) is 35.9 Å². The predicted molar refractivity (Wildman–Crippen MR) is 129 cm³/mol. The number of rotatable bonds is 10. The van der Waals surface area contributed by atoms with Crippen molar-refractivity contribution in [1.82, 2.24) is 4.57 Å². The first-order valence-corrected chi connectivity index (χ1v) is 12.0. The van der Waals surface area contributed by atoms with E-state index in [0.29, 0.717) is 36.8 Å². The van der Waals surface area contributed by atoms with Crippen molar-refractivity contribution in [1.29, 1.82) is 0 Å². The number of pyridine rings is 1. The van der Waals surface area contributed by atoms with Crippen LogP contribution in [0.1, 0.15) is 52.5 Å². The minimum absolute atomic E-state index is 0.108. The van der Waals surface area contributed by atoms with Gasteiger partial charge in [0.05, 0.1) is 25.5 Å². The van der Waals surface area contributed by atoms with Crippen molar-refractivity contribution in [3.63, 3.8) is 0 Å². The molecule has 3 heterocycles. The molecule has 0 aliphatic carbocycles. The summed E-state index contributed by atoms with van der Waals surface area (Å²) in [7, 11) is 1.59. The Labute approximate surface area is 196 Å². The quantitative estimate of drug-likeness (QED) is 0.429. The molecule has 8 heteroatoms. The van der Waals surface area contributed by atoms with Gasteiger partial charge in [-0.15, -0.1) is 11.3 Å². The number of methoxy groups -OCH3 is 1. The van der Waals surface area contributed by atoms with Gasteiger partial charge in [-0.2, -0.15) is 0 Å². The molecule has 7 nitrogen and oxygen atoms in total. The molecule has 1 unspecified atom stereocenters. The van der Waals surface area contributed by atoms with Crippen molar-refractivity contribution in [2.45, 2.75) is 38.1 Å². The molecule has 4 rings (SSSR count). The highest BCUT2D eigenvalue weighted by Crippen LogP contribution is 2.43. The number of nitrogens with two attached hydrogens (primary N) is 1. The van der Waals surface area contributed by atoms with Gasteiger partial charge in [0.25, 0.3) is 0 Å². The van der Waals surface area contributed by atoms with E-state index in [9.17, 15) is 14.7 Å². The van der Waals surface area contributed by atoms with Gasteiger partial charge in [0, 0.05) is 22.7 Å². The van der Waals surface area contributed by atoms with E-state index in [2.05, 4.69) is 0 Å². The second-order valence-electron chi connectivity index (χ2n) is 8.10. The molecule has 3 aromatic rings. The van der Waals surface area contributed by atoms with Crippen LogP contribution in [0.2, 0.25) is 0 Å². The molecule has 0 spiro atoms. The molecule has 0 fully saturated rings. The summed E-state index contributed by atoms with van der Waals surface area (Å²) < 4.78 is 13.6. The number of nitrogens with zero attached hydrogens (tertiary/aromatic N) is 1. The first kappa shape index (κ1) is 23.1. The Morgan fingerprint density at radius 3 is 2.73 bits per heavy atom. The second-order valence-corrected chi connectivity index (χ2v) is 9.08. The summed E-state index contributed by atoms with van der Waals surface area (Å²) in [4.78, 5) is 25.3. The van der Waals surface area contributed by atoms with Crippen LogP contribution in [0.5, 0.6) is 11.5 Å². The van der Waals surface area contributed by atoms with Gasteiger partial charge in [-0.25, -0.2) is 4.79 Å². The molecule has 0 bridgehead atoms. The minimum Gasteiger partial charge on any atom is -0.493 e. The van der Waals surface area contributed by atoms with E-state index < -0.39 is 11.4 Å². The number of aromatic carboxylic acids is 1. The lowest BCUT2D eigenvalue weighted by Crippen LogP contribution is -2.25. The molecule has 0 amide bonds. The van der Waals surface area contributed by atoms with Crippen molar-refractivity contribution in [2.24, 2.45) is 5.73 Å². The van der Waals surface area contributed by atoms with Crippen LogP contribution in [0, 0.1) is 0 Å². The third-order valence-corrected chi connectivity index (χ3v) is 6.93. The summed E-state index contributed by atoms with van der Waals surface area (Å²) in [6.07, 6.45) is 6.23. The fraction of sp³-hybridized carbons (Fsp3) is 0.360. The number of thiophene rings is 1. The zero-order valence-electron chi connectivity index (χ0n) is 18.6. The van der Waals surface area contributed by atoms with Crippen LogP contribution >= 0.6 is 11.3 Å². The third kappa shape index (κ3) is 4.82. The van der Waals surface area contributed by atoms with Gasteiger partial charge in [0.15, 0.2) is 16.9 Å². The van der Waals surface area contributed by atoms with Crippen molar-refractivity contribution in [3.8, 4) is 22.8 Å². The first-order valence-electron chi connectivity index (χ1n) is 11.1. The maximum Gasteiger partial charge on any atom is 0.341 e. The fourth-order valence-corrected chi connectivity index (χ4v) is 5.10. The Kier molecular flexibility index (Phi) is 7.15. The highest BCUT2D eigenvalue weighted by molar-refractivity contribution is 7.10. The summed E-state index contributed by atoms with van der Waals surface area (Å²) in [6.45, 7) is 1.30. The number of fused-ring (bicyclic) bond motifs is 3. The number of hydrogen-bond acceptors (Lipinski definition) is 6. The lowest BCUT2D eigenvalue weighted by atomic mass is 9.91. The van der Waals surface area contributed by atoms with Crippen LogP contribution < -0.4 is 20.6 Å². The molecule has 174 valence electrons. The largest absolute Gasteiger partial charge is 0.493 e. The number of carboxylic acids is 1.